The van der Waals surface area contributed by atoms with Crippen molar-refractivity contribution in [3.8, 4) is 23.0 Å². The van der Waals surface area contributed by atoms with Crippen molar-refractivity contribution >= 4 is 5.91 Å². The predicted molar refractivity (Wildman–Crippen MR) is 94.9 cm³/mol. The highest BCUT2D eigenvalue weighted by molar-refractivity contribution is 5.97. The van der Waals surface area contributed by atoms with Crippen molar-refractivity contribution in [3.05, 3.63) is 47.5 Å². The number of carbonyl (C=O) groups is 1. The monoisotopic (exact) mass is 345 g/mol. The van der Waals surface area contributed by atoms with Crippen molar-refractivity contribution in [2.75, 3.05) is 35.5 Å². The summed E-state index contributed by atoms with van der Waals surface area (Å²) in [7, 11) is 8.01. The van der Waals surface area contributed by atoms with E-state index in [2.05, 4.69) is 0 Å². The Labute approximate surface area is 147 Å². The fourth-order valence-corrected chi connectivity index (χ4v) is 2.49. The molecule has 134 valence electrons. The van der Waals surface area contributed by atoms with Gasteiger partial charge in [-0.05, 0) is 24.3 Å². The zero-order chi connectivity index (χ0) is 18.4. The van der Waals surface area contributed by atoms with Crippen molar-refractivity contribution in [1.29, 1.82) is 0 Å². The molecular weight excluding hydrogens is 322 g/mol. The van der Waals surface area contributed by atoms with Crippen LogP contribution >= 0.6 is 0 Å². The zero-order valence-electron chi connectivity index (χ0n) is 15.2. The van der Waals surface area contributed by atoms with Gasteiger partial charge in [0.05, 0.1) is 34.0 Å². The van der Waals surface area contributed by atoms with Crippen LogP contribution in [0.1, 0.15) is 15.9 Å². The number of carbonyl (C=O) groups excluding carboxylic acids is 1. The molecule has 0 spiro atoms. The molecule has 0 fully saturated rings. The largest absolute Gasteiger partial charge is 0.497 e. The third kappa shape index (κ3) is 4.15. The maximum absolute atomic E-state index is 12.8. The van der Waals surface area contributed by atoms with E-state index < -0.39 is 0 Å². The highest BCUT2D eigenvalue weighted by Gasteiger charge is 2.19. The summed E-state index contributed by atoms with van der Waals surface area (Å²) >= 11 is 0. The molecule has 0 saturated carbocycles. The third-order valence-corrected chi connectivity index (χ3v) is 3.89. The molecule has 0 aliphatic heterocycles. The maximum atomic E-state index is 12.8. The van der Waals surface area contributed by atoms with Crippen LogP contribution in [0.2, 0.25) is 0 Å². The van der Waals surface area contributed by atoms with Crippen LogP contribution in [0.15, 0.2) is 36.4 Å². The Hall–Kier alpha value is -2.89. The number of hydrogen-bond donors (Lipinski definition) is 0. The Morgan fingerprint density at radius 3 is 1.96 bits per heavy atom. The van der Waals surface area contributed by atoms with E-state index >= 15 is 0 Å². The average Bonchev–Trinajstić information content (AvgIpc) is 2.66. The third-order valence-electron chi connectivity index (χ3n) is 3.89. The fourth-order valence-electron chi connectivity index (χ4n) is 2.49. The van der Waals surface area contributed by atoms with Gasteiger partial charge in [-0.1, -0.05) is 0 Å². The Balaban J connectivity index is 2.24. The molecule has 0 aliphatic rings. The first kappa shape index (κ1) is 18.4. The normalized spacial score (nSPS) is 10.1. The summed E-state index contributed by atoms with van der Waals surface area (Å²) in [4.78, 5) is 14.4. The quantitative estimate of drug-likeness (QED) is 0.772. The summed E-state index contributed by atoms with van der Waals surface area (Å²) < 4.78 is 21.1. The molecule has 0 unspecified atom stereocenters. The Morgan fingerprint density at radius 1 is 0.840 bits per heavy atom. The van der Waals surface area contributed by atoms with E-state index in [1.165, 1.54) is 7.11 Å². The minimum Gasteiger partial charge on any atom is -0.497 e. The number of rotatable bonds is 7. The summed E-state index contributed by atoms with van der Waals surface area (Å²) in [5.74, 6) is 2.32. The minimum absolute atomic E-state index is 0.155. The zero-order valence-corrected chi connectivity index (χ0v) is 15.2. The van der Waals surface area contributed by atoms with Gasteiger partial charge in [-0.2, -0.15) is 0 Å². The number of ether oxygens (including phenoxy) is 4. The van der Waals surface area contributed by atoms with Crippen LogP contribution < -0.4 is 18.9 Å². The number of amides is 1. The van der Waals surface area contributed by atoms with E-state index in [-0.39, 0.29) is 5.91 Å². The lowest BCUT2D eigenvalue weighted by atomic mass is 10.1. The predicted octanol–water partition coefficient (Wildman–Crippen LogP) is 2.99. The van der Waals surface area contributed by atoms with Crippen LogP contribution in [0.5, 0.6) is 23.0 Å². The van der Waals surface area contributed by atoms with Crippen molar-refractivity contribution in [3.63, 3.8) is 0 Å². The molecule has 2 rings (SSSR count). The van der Waals surface area contributed by atoms with Gasteiger partial charge in [-0.25, -0.2) is 0 Å². The summed E-state index contributed by atoms with van der Waals surface area (Å²) in [6, 6.07) is 10.6. The summed E-state index contributed by atoms with van der Waals surface area (Å²) in [6.45, 7) is 0.390. The molecular formula is C19H23NO5. The average molecular weight is 345 g/mol. The first-order valence-electron chi connectivity index (χ1n) is 7.72. The number of nitrogens with zero attached hydrogens (tertiary/aromatic N) is 1. The maximum Gasteiger partial charge on any atom is 0.257 e. The van der Waals surface area contributed by atoms with Crippen molar-refractivity contribution in [2.24, 2.45) is 0 Å². The molecule has 0 aliphatic carbocycles. The van der Waals surface area contributed by atoms with Gasteiger partial charge in [0.15, 0.2) is 0 Å². The van der Waals surface area contributed by atoms with Crippen molar-refractivity contribution < 1.29 is 23.7 Å². The lowest BCUT2D eigenvalue weighted by Crippen LogP contribution is -2.26. The molecule has 0 atom stereocenters. The molecule has 2 aromatic carbocycles. The topological polar surface area (TPSA) is 57.2 Å². The smallest absolute Gasteiger partial charge is 0.257 e. The minimum atomic E-state index is -0.155. The van der Waals surface area contributed by atoms with Gasteiger partial charge in [0.1, 0.15) is 23.0 Å². The van der Waals surface area contributed by atoms with Gasteiger partial charge in [0.25, 0.3) is 5.91 Å². The first-order valence-corrected chi connectivity index (χ1v) is 7.72. The van der Waals surface area contributed by atoms with Gasteiger partial charge in [-0.15, -0.1) is 0 Å². The van der Waals surface area contributed by atoms with Gasteiger partial charge < -0.3 is 23.8 Å². The highest BCUT2D eigenvalue weighted by Crippen LogP contribution is 2.28. The first-order chi connectivity index (χ1) is 12.0. The summed E-state index contributed by atoms with van der Waals surface area (Å²) in [5.41, 5.74) is 1.35. The molecule has 0 bridgehead atoms. The summed E-state index contributed by atoms with van der Waals surface area (Å²) in [5, 5.41) is 0. The Morgan fingerprint density at radius 2 is 1.40 bits per heavy atom. The van der Waals surface area contributed by atoms with Gasteiger partial charge in [0, 0.05) is 31.3 Å². The van der Waals surface area contributed by atoms with E-state index in [1.54, 1.807) is 57.5 Å². The standard InChI is InChI=1S/C19H23NO5/c1-20(12-13-6-7-14(22-2)10-17(13)24-4)19(21)16-9-8-15(23-3)11-18(16)25-5/h6-11H,12H2,1-5H3. The highest BCUT2D eigenvalue weighted by atomic mass is 16.5. The Kier molecular flexibility index (Phi) is 6.11. The second-order valence-corrected chi connectivity index (χ2v) is 5.41. The van der Waals surface area contributed by atoms with Crippen LogP contribution in [-0.4, -0.2) is 46.3 Å². The van der Waals surface area contributed by atoms with Crippen molar-refractivity contribution in [1.82, 2.24) is 4.90 Å². The number of benzene rings is 2. The molecule has 0 heterocycles. The molecule has 6 nitrogen and oxygen atoms in total. The van der Waals surface area contributed by atoms with Crippen LogP contribution in [0.25, 0.3) is 0 Å². The van der Waals surface area contributed by atoms with Crippen molar-refractivity contribution in [2.45, 2.75) is 6.54 Å². The summed E-state index contributed by atoms with van der Waals surface area (Å²) in [6.07, 6.45) is 0. The Bertz CT molecular complexity index is 745. The van der Waals surface area contributed by atoms with E-state index in [9.17, 15) is 4.79 Å². The number of methoxy groups -OCH3 is 4. The molecule has 0 aromatic heterocycles. The number of hydrogen-bond acceptors (Lipinski definition) is 5. The fraction of sp³-hybridized carbons (Fsp3) is 0.316. The van der Waals surface area contributed by atoms with Crippen LogP contribution in [0, 0.1) is 0 Å². The van der Waals surface area contributed by atoms with Gasteiger partial charge in [0.2, 0.25) is 0 Å². The molecule has 0 radical (unpaired) electrons. The van der Waals surface area contributed by atoms with E-state index in [0.717, 1.165) is 5.56 Å². The van der Waals surface area contributed by atoms with E-state index in [1.807, 2.05) is 12.1 Å². The lowest BCUT2D eigenvalue weighted by molar-refractivity contribution is 0.0781. The molecule has 6 heteroatoms. The van der Waals surface area contributed by atoms with Crippen LogP contribution in [0.4, 0.5) is 0 Å². The van der Waals surface area contributed by atoms with E-state index in [0.29, 0.717) is 35.1 Å². The van der Waals surface area contributed by atoms with Gasteiger partial charge >= 0.3 is 0 Å². The molecule has 1 amide bonds. The second kappa shape index (κ2) is 8.28. The second-order valence-electron chi connectivity index (χ2n) is 5.41. The SMILES string of the molecule is COc1ccc(CN(C)C(=O)c2ccc(OC)cc2OC)c(OC)c1. The lowest BCUT2D eigenvalue weighted by Gasteiger charge is -2.20. The molecule has 2 aromatic rings. The molecule has 0 saturated heterocycles. The van der Waals surface area contributed by atoms with Crippen LogP contribution in [0.3, 0.4) is 0 Å². The van der Waals surface area contributed by atoms with Crippen LogP contribution in [-0.2, 0) is 6.54 Å². The van der Waals surface area contributed by atoms with Gasteiger partial charge in [-0.3, -0.25) is 4.79 Å². The molecule has 0 N–H and O–H groups in total. The van der Waals surface area contributed by atoms with E-state index in [4.69, 9.17) is 18.9 Å². The molecule has 25 heavy (non-hydrogen) atoms.